The Balaban J connectivity index is 2.63. The second-order valence-corrected chi connectivity index (χ2v) is 9.65. The van der Waals surface area contributed by atoms with Gasteiger partial charge in [0.25, 0.3) is 5.69 Å². The van der Waals surface area contributed by atoms with Gasteiger partial charge in [0.2, 0.25) is 5.88 Å². The molecule has 0 amide bonds. The summed E-state index contributed by atoms with van der Waals surface area (Å²) in [5.74, 6) is -1.10. The maximum Gasteiger partial charge on any atom is 0.310 e. The largest absolute Gasteiger partial charge is 0.361 e. The molecule has 1 aromatic carbocycles. The Hall–Kier alpha value is -3.01. The lowest BCUT2D eigenvalue weighted by Gasteiger charge is -2.14. The molecular formula is C21H27N3O6S. The first kappa shape index (κ1) is 24.3. The molecule has 0 radical (unpaired) electrons. The minimum absolute atomic E-state index is 0.0346. The predicted octanol–water partition coefficient (Wildman–Crippen LogP) is 4.05. The normalized spacial score (nSPS) is 11.5. The maximum absolute atomic E-state index is 13.3. The van der Waals surface area contributed by atoms with Gasteiger partial charge in [-0.1, -0.05) is 19.4 Å². The van der Waals surface area contributed by atoms with E-state index in [4.69, 9.17) is 4.18 Å². The van der Waals surface area contributed by atoms with Crippen LogP contribution in [-0.4, -0.2) is 34.7 Å². The number of hydrogen-bond donors (Lipinski definition) is 0. The number of aryl methyl sites for hydroxylation is 1. The molecule has 0 fully saturated rings. The van der Waals surface area contributed by atoms with Gasteiger partial charge in [-0.25, -0.2) is 4.68 Å². The van der Waals surface area contributed by atoms with E-state index in [1.165, 1.54) is 30.1 Å². The van der Waals surface area contributed by atoms with E-state index in [0.717, 1.165) is 5.57 Å². The van der Waals surface area contributed by atoms with Crippen LogP contribution in [0.1, 0.15) is 61.7 Å². The molecule has 0 N–H and O–H groups in total. The second kappa shape index (κ2) is 9.01. The topological polar surface area (TPSA) is 121 Å². The molecule has 0 unspecified atom stereocenters. The van der Waals surface area contributed by atoms with Crippen molar-refractivity contribution in [3.63, 3.8) is 0 Å². The summed E-state index contributed by atoms with van der Waals surface area (Å²) in [6.07, 6.45) is 1.23. The van der Waals surface area contributed by atoms with Gasteiger partial charge in [0, 0.05) is 18.7 Å². The molecule has 0 aliphatic carbocycles. The van der Waals surface area contributed by atoms with Crippen molar-refractivity contribution in [3.8, 4) is 5.88 Å². The zero-order valence-electron chi connectivity index (χ0n) is 18.7. The first-order valence-corrected chi connectivity index (χ1v) is 11.3. The van der Waals surface area contributed by atoms with Gasteiger partial charge in [-0.3, -0.25) is 14.9 Å². The van der Waals surface area contributed by atoms with E-state index >= 15 is 0 Å². The Morgan fingerprint density at radius 3 is 2.35 bits per heavy atom. The van der Waals surface area contributed by atoms with E-state index in [1.807, 2.05) is 13.8 Å². The number of nitrogens with zero attached hydrogens (tertiary/aromatic N) is 3. The summed E-state index contributed by atoms with van der Waals surface area (Å²) in [5, 5.41) is 15.5. The Morgan fingerprint density at radius 1 is 1.23 bits per heavy atom. The maximum atomic E-state index is 13.3. The van der Waals surface area contributed by atoms with Crippen LogP contribution in [0, 0.1) is 23.0 Å². The van der Waals surface area contributed by atoms with E-state index in [1.54, 1.807) is 27.7 Å². The molecule has 10 heteroatoms. The number of aromatic nitrogens is 2. The summed E-state index contributed by atoms with van der Waals surface area (Å²) in [7, 11) is -2.46. The Morgan fingerprint density at radius 2 is 1.84 bits per heavy atom. The zero-order valence-corrected chi connectivity index (χ0v) is 19.5. The Kier molecular flexibility index (Phi) is 7.05. The number of rotatable bonds is 8. The van der Waals surface area contributed by atoms with Crippen molar-refractivity contribution in [1.29, 1.82) is 0 Å². The number of allylic oxidation sites excluding steroid dienone is 2. The highest BCUT2D eigenvalue weighted by Crippen LogP contribution is 2.34. The number of nitro groups is 1. The number of carbonyl (C=O) groups is 1. The third kappa shape index (κ3) is 5.19. The highest BCUT2D eigenvalue weighted by atomic mass is 32.2. The predicted molar refractivity (Wildman–Crippen MR) is 118 cm³/mol. The van der Waals surface area contributed by atoms with Crippen molar-refractivity contribution in [2.75, 3.05) is 5.75 Å². The standard InChI is InChI=1S/C21H27N3O6S/c1-12(2)11-31(28,29)30-21-17(10-22-23(21)7)20(25)16-8-9-18(24(26)27)19(15(16)6)14(5)13(3)4/h8-10,12H,11H2,1-7H3. The van der Waals surface area contributed by atoms with Crippen molar-refractivity contribution in [2.24, 2.45) is 13.0 Å². The summed E-state index contributed by atoms with van der Waals surface area (Å²) in [6.45, 7) is 10.5. The van der Waals surface area contributed by atoms with Crippen molar-refractivity contribution in [2.45, 2.75) is 41.5 Å². The minimum Gasteiger partial charge on any atom is -0.361 e. The molecule has 0 aliphatic rings. The molecule has 2 rings (SSSR count). The van der Waals surface area contributed by atoms with E-state index in [-0.39, 0.29) is 34.4 Å². The summed E-state index contributed by atoms with van der Waals surface area (Å²) in [5.41, 5.74) is 2.44. The molecule has 0 saturated heterocycles. The molecule has 1 aromatic heterocycles. The SMILES string of the molecule is CC(C)=C(C)c1c([N+](=O)[O-])ccc(C(=O)c2cnn(C)c2OS(=O)(=O)CC(C)C)c1C. The number of carbonyl (C=O) groups excluding carboxylic acids is 1. The van der Waals surface area contributed by atoms with Crippen LogP contribution in [0.2, 0.25) is 0 Å². The Labute approximate surface area is 182 Å². The van der Waals surface area contributed by atoms with Crippen LogP contribution >= 0.6 is 0 Å². The molecule has 9 nitrogen and oxygen atoms in total. The number of hydrogen-bond acceptors (Lipinski definition) is 7. The highest BCUT2D eigenvalue weighted by molar-refractivity contribution is 7.87. The van der Waals surface area contributed by atoms with Gasteiger partial charge >= 0.3 is 10.1 Å². The number of nitro benzene ring substituents is 1. The van der Waals surface area contributed by atoms with E-state index < -0.39 is 20.8 Å². The molecule has 0 spiro atoms. The van der Waals surface area contributed by atoms with Crippen LogP contribution in [0.5, 0.6) is 5.88 Å². The fraction of sp³-hybridized carbons (Fsp3) is 0.429. The molecular weight excluding hydrogens is 422 g/mol. The molecule has 1 heterocycles. The van der Waals surface area contributed by atoms with Gasteiger partial charge in [-0.15, -0.1) is 0 Å². The smallest absolute Gasteiger partial charge is 0.310 e. The molecule has 0 saturated carbocycles. The first-order valence-electron chi connectivity index (χ1n) is 9.68. The van der Waals surface area contributed by atoms with Crippen LogP contribution in [0.15, 0.2) is 23.9 Å². The van der Waals surface area contributed by atoms with E-state index in [2.05, 4.69) is 5.10 Å². The highest BCUT2D eigenvalue weighted by Gasteiger charge is 2.28. The van der Waals surface area contributed by atoms with Crippen LogP contribution in [-0.2, 0) is 17.2 Å². The van der Waals surface area contributed by atoms with Crippen LogP contribution in [0.3, 0.4) is 0 Å². The fourth-order valence-corrected chi connectivity index (χ4v) is 4.53. The summed E-state index contributed by atoms with van der Waals surface area (Å²) in [6, 6.07) is 2.66. The van der Waals surface area contributed by atoms with Crippen LogP contribution in [0.25, 0.3) is 5.57 Å². The van der Waals surface area contributed by atoms with E-state index in [0.29, 0.717) is 16.7 Å². The van der Waals surface area contributed by atoms with Crippen LogP contribution in [0.4, 0.5) is 5.69 Å². The van der Waals surface area contributed by atoms with Crippen molar-refractivity contribution < 1.29 is 22.3 Å². The summed E-state index contributed by atoms with van der Waals surface area (Å²) >= 11 is 0. The second-order valence-electron chi connectivity index (χ2n) is 8.03. The van der Waals surface area contributed by atoms with Gasteiger partial charge < -0.3 is 4.18 Å². The lowest BCUT2D eigenvalue weighted by atomic mass is 9.90. The molecule has 0 atom stereocenters. The van der Waals surface area contributed by atoms with Crippen LogP contribution < -0.4 is 4.18 Å². The lowest BCUT2D eigenvalue weighted by Crippen LogP contribution is -2.20. The average molecular weight is 450 g/mol. The molecule has 2 aromatic rings. The van der Waals surface area contributed by atoms with Crippen molar-refractivity contribution in [1.82, 2.24) is 9.78 Å². The monoisotopic (exact) mass is 449 g/mol. The minimum atomic E-state index is -3.94. The Bertz CT molecular complexity index is 1170. The third-order valence-corrected chi connectivity index (χ3v) is 6.37. The third-order valence-electron chi connectivity index (χ3n) is 4.88. The first-order chi connectivity index (χ1) is 14.3. The van der Waals surface area contributed by atoms with Gasteiger partial charge in [0.05, 0.1) is 22.4 Å². The number of ketones is 1. The number of benzene rings is 1. The van der Waals surface area contributed by atoms with Gasteiger partial charge in [0.1, 0.15) is 5.56 Å². The summed E-state index contributed by atoms with van der Waals surface area (Å²) < 4.78 is 31.0. The van der Waals surface area contributed by atoms with Crippen molar-refractivity contribution >= 4 is 27.2 Å². The quantitative estimate of drug-likeness (QED) is 0.258. The lowest BCUT2D eigenvalue weighted by molar-refractivity contribution is -0.385. The molecule has 0 bridgehead atoms. The average Bonchev–Trinajstić information content (AvgIpc) is 2.98. The zero-order chi connectivity index (χ0) is 23.7. The van der Waals surface area contributed by atoms with E-state index in [9.17, 15) is 23.3 Å². The molecule has 168 valence electrons. The molecule has 31 heavy (non-hydrogen) atoms. The molecule has 0 aliphatic heterocycles. The summed E-state index contributed by atoms with van der Waals surface area (Å²) in [4.78, 5) is 24.4. The van der Waals surface area contributed by atoms with Gasteiger partial charge in [-0.05, 0) is 50.8 Å². The van der Waals surface area contributed by atoms with Gasteiger partial charge in [-0.2, -0.15) is 13.5 Å². The van der Waals surface area contributed by atoms with Gasteiger partial charge in [0.15, 0.2) is 5.78 Å². The fourth-order valence-electron chi connectivity index (χ4n) is 3.21. The van der Waals surface area contributed by atoms with Crippen molar-refractivity contribution in [3.05, 3.63) is 56.3 Å².